The largest absolute Gasteiger partial charge is 0.508 e. The first-order valence-electron chi connectivity index (χ1n) is 6.37. The van der Waals surface area contributed by atoms with Crippen LogP contribution in [0.2, 0.25) is 0 Å². The molecule has 3 unspecified atom stereocenters. The van der Waals surface area contributed by atoms with Gasteiger partial charge >= 0.3 is 0 Å². The van der Waals surface area contributed by atoms with Crippen molar-refractivity contribution in [2.24, 2.45) is 11.7 Å². The number of rotatable bonds is 3. The summed E-state index contributed by atoms with van der Waals surface area (Å²) >= 11 is 0. The van der Waals surface area contributed by atoms with Crippen molar-refractivity contribution in [2.45, 2.75) is 32.4 Å². The normalized spacial score (nSPS) is 24.8. The fraction of sp³-hybridized carbons (Fsp3) is 0.571. The highest BCUT2D eigenvalue weighted by Gasteiger charge is 2.29. The van der Waals surface area contributed by atoms with Crippen LogP contribution in [-0.4, -0.2) is 29.1 Å². The van der Waals surface area contributed by atoms with Crippen LogP contribution < -0.4 is 5.73 Å². The SMILES string of the molecule is CC(N)C1CCN(C(C)c2ccccc2O)C1. The van der Waals surface area contributed by atoms with E-state index in [9.17, 15) is 5.11 Å². The maximum atomic E-state index is 9.86. The van der Waals surface area contributed by atoms with Gasteiger partial charge < -0.3 is 10.8 Å². The summed E-state index contributed by atoms with van der Waals surface area (Å²) in [5, 5.41) is 9.86. The minimum atomic E-state index is 0.261. The summed E-state index contributed by atoms with van der Waals surface area (Å²) in [7, 11) is 0. The molecule has 0 saturated carbocycles. The van der Waals surface area contributed by atoms with Gasteiger partial charge in [0.2, 0.25) is 0 Å². The van der Waals surface area contributed by atoms with Crippen LogP contribution >= 0.6 is 0 Å². The molecule has 1 aromatic carbocycles. The second-order valence-corrected chi connectivity index (χ2v) is 5.14. The van der Waals surface area contributed by atoms with Crippen molar-refractivity contribution >= 4 is 0 Å². The molecule has 0 bridgehead atoms. The maximum Gasteiger partial charge on any atom is 0.120 e. The third-order valence-corrected chi connectivity index (χ3v) is 3.93. The molecule has 1 heterocycles. The maximum absolute atomic E-state index is 9.86. The molecular weight excluding hydrogens is 212 g/mol. The number of phenols is 1. The average Bonchev–Trinajstić information content (AvgIpc) is 2.78. The summed E-state index contributed by atoms with van der Waals surface area (Å²) in [4.78, 5) is 2.41. The topological polar surface area (TPSA) is 49.5 Å². The van der Waals surface area contributed by atoms with Gasteiger partial charge in [-0.25, -0.2) is 0 Å². The first kappa shape index (κ1) is 12.4. The molecule has 1 fully saturated rings. The average molecular weight is 234 g/mol. The van der Waals surface area contributed by atoms with Gasteiger partial charge in [0.15, 0.2) is 0 Å². The van der Waals surface area contributed by atoms with E-state index in [1.165, 1.54) is 0 Å². The molecule has 3 N–H and O–H groups in total. The predicted octanol–water partition coefficient (Wildman–Crippen LogP) is 2.12. The van der Waals surface area contributed by atoms with Crippen molar-refractivity contribution in [3.63, 3.8) is 0 Å². The highest BCUT2D eigenvalue weighted by molar-refractivity contribution is 5.34. The Bertz CT molecular complexity index is 378. The molecule has 0 aliphatic carbocycles. The van der Waals surface area contributed by atoms with Crippen LogP contribution in [0.1, 0.15) is 31.9 Å². The Morgan fingerprint density at radius 1 is 1.35 bits per heavy atom. The molecule has 0 aromatic heterocycles. The summed E-state index contributed by atoms with van der Waals surface area (Å²) in [5.41, 5.74) is 6.96. The Morgan fingerprint density at radius 2 is 2.06 bits per heavy atom. The van der Waals surface area contributed by atoms with Crippen LogP contribution in [0.5, 0.6) is 5.75 Å². The minimum absolute atomic E-state index is 0.261. The Labute approximate surface area is 103 Å². The zero-order valence-corrected chi connectivity index (χ0v) is 10.6. The van der Waals surface area contributed by atoms with Crippen LogP contribution in [0, 0.1) is 5.92 Å². The van der Waals surface area contributed by atoms with Gasteiger partial charge in [-0.05, 0) is 38.8 Å². The molecule has 3 atom stereocenters. The monoisotopic (exact) mass is 234 g/mol. The third-order valence-electron chi connectivity index (χ3n) is 3.93. The van der Waals surface area contributed by atoms with Crippen molar-refractivity contribution in [1.29, 1.82) is 0 Å². The number of hydrogen-bond acceptors (Lipinski definition) is 3. The Balaban J connectivity index is 2.07. The van der Waals surface area contributed by atoms with Crippen LogP contribution in [0.3, 0.4) is 0 Å². The zero-order chi connectivity index (χ0) is 12.4. The lowest BCUT2D eigenvalue weighted by atomic mass is 10.0. The molecule has 1 aliphatic heterocycles. The second-order valence-electron chi connectivity index (χ2n) is 5.14. The molecule has 3 heteroatoms. The van der Waals surface area contributed by atoms with E-state index < -0.39 is 0 Å². The number of hydrogen-bond donors (Lipinski definition) is 2. The van der Waals surface area contributed by atoms with Gasteiger partial charge in [0.1, 0.15) is 5.75 Å². The van der Waals surface area contributed by atoms with Gasteiger partial charge in [-0.2, -0.15) is 0 Å². The fourth-order valence-electron chi connectivity index (χ4n) is 2.63. The summed E-state index contributed by atoms with van der Waals surface area (Å²) in [6, 6.07) is 8.12. The first-order valence-corrected chi connectivity index (χ1v) is 6.37. The number of likely N-dealkylation sites (tertiary alicyclic amines) is 1. The minimum Gasteiger partial charge on any atom is -0.508 e. The van der Waals surface area contributed by atoms with Crippen LogP contribution in [-0.2, 0) is 0 Å². The lowest BCUT2D eigenvalue weighted by Crippen LogP contribution is -2.31. The van der Waals surface area contributed by atoms with E-state index >= 15 is 0 Å². The zero-order valence-electron chi connectivity index (χ0n) is 10.6. The first-order chi connectivity index (χ1) is 8.09. The number of aromatic hydroxyl groups is 1. The van der Waals surface area contributed by atoms with Crippen molar-refractivity contribution in [3.8, 4) is 5.75 Å². The molecule has 17 heavy (non-hydrogen) atoms. The molecule has 0 amide bonds. The number of nitrogens with zero attached hydrogens (tertiary/aromatic N) is 1. The quantitative estimate of drug-likeness (QED) is 0.842. The number of para-hydroxylation sites is 1. The molecule has 94 valence electrons. The van der Waals surface area contributed by atoms with Crippen LogP contribution in [0.15, 0.2) is 24.3 Å². The second kappa shape index (κ2) is 5.07. The Kier molecular flexibility index (Phi) is 3.69. The highest BCUT2D eigenvalue weighted by atomic mass is 16.3. The van der Waals surface area contributed by atoms with E-state index in [-0.39, 0.29) is 12.1 Å². The van der Waals surface area contributed by atoms with E-state index in [1.54, 1.807) is 6.07 Å². The molecule has 1 aromatic rings. The van der Waals surface area contributed by atoms with Crippen molar-refractivity contribution in [2.75, 3.05) is 13.1 Å². The number of benzene rings is 1. The number of phenolic OH excluding ortho intramolecular Hbond substituents is 1. The van der Waals surface area contributed by atoms with Gasteiger partial charge in [0, 0.05) is 24.2 Å². The smallest absolute Gasteiger partial charge is 0.120 e. The van der Waals surface area contributed by atoms with Crippen molar-refractivity contribution < 1.29 is 5.11 Å². The summed E-state index contributed by atoms with van der Waals surface area (Å²) in [6.07, 6.45) is 1.16. The van der Waals surface area contributed by atoms with Gasteiger partial charge in [-0.15, -0.1) is 0 Å². The van der Waals surface area contributed by atoms with Crippen LogP contribution in [0.25, 0.3) is 0 Å². The predicted molar refractivity (Wildman–Crippen MR) is 69.9 cm³/mol. The van der Waals surface area contributed by atoms with E-state index in [0.29, 0.717) is 11.7 Å². The van der Waals surface area contributed by atoms with Crippen LogP contribution in [0.4, 0.5) is 0 Å². The molecule has 0 radical (unpaired) electrons. The molecule has 3 nitrogen and oxygen atoms in total. The molecule has 1 saturated heterocycles. The Morgan fingerprint density at radius 3 is 2.65 bits per heavy atom. The van der Waals surface area contributed by atoms with E-state index in [1.807, 2.05) is 18.2 Å². The summed E-state index contributed by atoms with van der Waals surface area (Å²) in [5.74, 6) is 0.979. The van der Waals surface area contributed by atoms with Gasteiger partial charge in [-0.1, -0.05) is 18.2 Å². The van der Waals surface area contributed by atoms with Gasteiger partial charge in [-0.3, -0.25) is 4.90 Å². The number of nitrogens with two attached hydrogens (primary N) is 1. The molecular formula is C14H22N2O. The lowest BCUT2D eigenvalue weighted by molar-refractivity contribution is 0.243. The lowest BCUT2D eigenvalue weighted by Gasteiger charge is -2.25. The summed E-state index contributed by atoms with van der Waals surface area (Å²) < 4.78 is 0. The highest BCUT2D eigenvalue weighted by Crippen LogP contribution is 2.32. The van der Waals surface area contributed by atoms with Crippen molar-refractivity contribution in [1.82, 2.24) is 4.90 Å². The summed E-state index contributed by atoms with van der Waals surface area (Å²) in [6.45, 7) is 6.34. The Hall–Kier alpha value is -1.06. The third kappa shape index (κ3) is 2.61. The molecule has 1 aliphatic rings. The van der Waals surface area contributed by atoms with E-state index in [4.69, 9.17) is 5.73 Å². The van der Waals surface area contributed by atoms with Gasteiger partial charge in [0.25, 0.3) is 0 Å². The van der Waals surface area contributed by atoms with Crippen molar-refractivity contribution in [3.05, 3.63) is 29.8 Å². The molecule has 2 rings (SSSR count). The molecule has 0 spiro atoms. The fourth-order valence-corrected chi connectivity index (χ4v) is 2.63. The van der Waals surface area contributed by atoms with E-state index in [0.717, 1.165) is 25.1 Å². The van der Waals surface area contributed by atoms with Gasteiger partial charge in [0.05, 0.1) is 0 Å². The van der Waals surface area contributed by atoms with E-state index in [2.05, 4.69) is 18.7 Å². The standard InChI is InChI=1S/C14H22N2O/c1-10(15)12-7-8-16(9-12)11(2)13-5-3-4-6-14(13)17/h3-6,10-12,17H,7-9,15H2,1-2H3.